The highest BCUT2D eigenvalue weighted by Gasteiger charge is 2.12. The summed E-state index contributed by atoms with van der Waals surface area (Å²) in [5.74, 6) is -1.70. The summed E-state index contributed by atoms with van der Waals surface area (Å²) in [5, 5.41) is 14.3. The fourth-order valence-corrected chi connectivity index (χ4v) is 2.56. The Hall–Kier alpha value is -1.85. The van der Waals surface area contributed by atoms with E-state index in [-0.39, 0.29) is 16.5 Å². The summed E-state index contributed by atoms with van der Waals surface area (Å²) in [7, 11) is 0. The lowest BCUT2D eigenvalue weighted by molar-refractivity contribution is -0.254. The number of rotatable bonds is 3. The summed E-state index contributed by atoms with van der Waals surface area (Å²) in [6.45, 7) is 1.76. The molecule has 0 aliphatic carbocycles. The summed E-state index contributed by atoms with van der Waals surface area (Å²) in [5.41, 5.74) is 0.393. The Morgan fingerprint density at radius 1 is 1.26 bits per heavy atom. The average Bonchev–Trinajstić information content (AvgIpc) is 2.71. The summed E-state index contributed by atoms with van der Waals surface area (Å²) < 4.78 is 0. The Labute approximate surface area is 118 Å². The standard InChI is InChI=1S/C13H10ClNO3S/c1-7-6-10(13(17)18)12(19-7)15-11(16)8-2-4-9(14)5-3-8/h2-6H,1H3,(H,15,16)(H,17,18)/p-1. The van der Waals surface area contributed by atoms with Crippen LogP contribution in [0.25, 0.3) is 0 Å². The molecule has 4 nitrogen and oxygen atoms in total. The second-order valence-electron chi connectivity index (χ2n) is 3.85. The van der Waals surface area contributed by atoms with Gasteiger partial charge in [0.05, 0.1) is 5.97 Å². The molecule has 98 valence electrons. The minimum atomic E-state index is -1.31. The number of benzene rings is 1. The quantitative estimate of drug-likeness (QED) is 0.944. The smallest absolute Gasteiger partial charge is 0.256 e. The molecule has 6 heteroatoms. The number of aryl methyl sites for hydroxylation is 1. The van der Waals surface area contributed by atoms with Crippen LogP contribution in [0.4, 0.5) is 5.00 Å². The second kappa shape index (κ2) is 5.42. The number of anilines is 1. The molecule has 1 N–H and O–H groups in total. The molecule has 1 amide bonds. The Balaban J connectivity index is 2.24. The number of carbonyl (C=O) groups excluding carboxylic acids is 2. The lowest BCUT2D eigenvalue weighted by atomic mass is 10.2. The molecule has 1 aromatic carbocycles. The van der Waals surface area contributed by atoms with Crippen molar-refractivity contribution in [3.05, 3.63) is 51.4 Å². The number of hydrogen-bond acceptors (Lipinski definition) is 4. The number of nitrogens with one attached hydrogen (secondary N) is 1. The van der Waals surface area contributed by atoms with Gasteiger partial charge in [-0.15, -0.1) is 11.3 Å². The SMILES string of the molecule is Cc1cc(C(=O)[O-])c(NC(=O)c2ccc(Cl)cc2)s1. The summed E-state index contributed by atoms with van der Waals surface area (Å²) >= 11 is 6.92. The van der Waals surface area contributed by atoms with E-state index in [0.717, 1.165) is 4.88 Å². The van der Waals surface area contributed by atoms with E-state index in [2.05, 4.69) is 5.32 Å². The van der Waals surface area contributed by atoms with Crippen LogP contribution < -0.4 is 10.4 Å². The van der Waals surface area contributed by atoms with Gasteiger partial charge in [0.1, 0.15) is 5.00 Å². The predicted molar refractivity (Wildman–Crippen MR) is 72.8 cm³/mol. The van der Waals surface area contributed by atoms with Gasteiger partial charge in [-0.1, -0.05) is 11.6 Å². The highest BCUT2D eigenvalue weighted by molar-refractivity contribution is 7.16. The van der Waals surface area contributed by atoms with Crippen molar-refractivity contribution < 1.29 is 14.7 Å². The molecule has 0 unspecified atom stereocenters. The fraction of sp³-hybridized carbons (Fsp3) is 0.0769. The van der Waals surface area contributed by atoms with Crippen LogP contribution in [-0.2, 0) is 0 Å². The van der Waals surface area contributed by atoms with Crippen molar-refractivity contribution in [1.82, 2.24) is 0 Å². The molecule has 0 bridgehead atoms. The van der Waals surface area contributed by atoms with Crippen LogP contribution >= 0.6 is 22.9 Å². The maximum absolute atomic E-state index is 11.9. The van der Waals surface area contributed by atoms with E-state index in [1.165, 1.54) is 17.4 Å². The van der Waals surface area contributed by atoms with E-state index in [9.17, 15) is 14.7 Å². The Morgan fingerprint density at radius 2 is 1.89 bits per heavy atom. The minimum Gasteiger partial charge on any atom is -0.545 e. The number of halogens is 1. The van der Waals surface area contributed by atoms with Gasteiger partial charge in [0, 0.05) is 21.0 Å². The molecule has 1 heterocycles. The number of aromatic carboxylic acids is 1. The van der Waals surface area contributed by atoms with Gasteiger partial charge < -0.3 is 15.2 Å². The van der Waals surface area contributed by atoms with Gasteiger partial charge in [-0.05, 0) is 37.3 Å². The van der Waals surface area contributed by atoms with Crippen molar-refractivity contribution in [1.29, 1.82) is 0 Å². The number of carbonyl (C=O) groups is 2. The van der Waals surface area contributed by atoms with E-state index < -0.39 is 5.97 Å². The zero-order valence-electron chi connectivity index (χ0n) is 9.90. The van der Waals surface area contributed by atoms with Crippen molar-refractivity contribution in [3.8, 4) is 0 Å². The third-order valence-corrected chi connectivity index (χ3v) is 3.63. The van der Waals surface area contributed by atoms with Crippen molar-refractivity contribution in [3.63, 3.8) is 0 Å². The van der Waals surface area contributed by atoms with Gasteiger partial charge >= 0.3 is 0 Å². The Bertz CT molecular complexity index is 634. The molecule has 0 radical (unpaired) electrons. The number of carboxylic acid groups (broad SMARTS) is 1. The third kappa shape index (κ3) is 3.13. The minimum absolute atomic E-state index is 0.00943. The van der Waals surface area contributed by atoms with Gasteiger partial charge in [0.15, 0.2) is 0 Å². The maximum Gasteiger partial charge on any atom is 0.256 e. The molecular weight excluding hydrogens is 286 g/mol. The first-order valence-electron chi connectivity index (χ1n) is 5.36. The summed E-state index contributed by atoms with van der Waals surface area (Å²) in [6, 6.07) is 7.79. The molecule has 0 saturated carbocycles. The van der Waals surface area contributed by atoms with Crippen molar-refractivity contribution in [2.24, 2.45) is 0 Å². The molecule has 0 saturated heterocycles. The van der Waals surface area contributed by atoms with Crippen molar-refractivity contribution in [2.45, 2.75) is 6.92 Å². The molecule has 0 aliphatic heterocycles. The van der Waals surface area contributed by atoms with E-state index in [1.54, 1.807) is 31.2 Å². The normalized spacial score (nSPS) is 10.2. The van der Waals surface area contributed by atoms with Gasteiger partial charge in [-0.2, -0.15) is 0 Å². The summed E-state index contributed by atoms with van der Waals surface area (Å²) in [6.07, 6.45) is 0. The molecule has 1 aromatic heterocycles. The highest BCUT2D eigenvalue weighted by Crippen LogP contribution is 2.27. The molecule has 2 rings (SSSR count). The molecule has 0 atom stereocenters. The topological polar surface area (TPSA) is 69.2 Å². The molecular formula is C13H9ClNO3S-. The van der Waals surface area contributed by atoms with Crippen LogP contribution in [0.15, 0.2) is 30.3 Å². The average molecular weight is 295 g/mol. The maximum atomic E-state index is 11.9. The number of thiophene rings is 1. The van der Waals surface area contributed by atoms with Gasteiger partial charge in [0.2, 0.25) is 0 Å². The van der Waals surface area contributed by atoms with Crippen molar-refractivity contribution in [2.75, 3.05) is 5.32 Å². The third-order valence-electron chi connectivity index (χ3n) is 2.41. The molecule has 0 spiro atoms. The zero-order valence-corrected chi connectivity index (χ0v) is 11.5. The van der Waals surface area contributed by atoms with Crippen LogP contribution in [-0.4, -0.2) is 11.9 Å². The predicted octanol–water partition coefficient (Wildman–Crippen LogP) is 2.33. The van der Waals surface area contributed by atoms with Crippen LogP contribution in [0.3, 0.4) is 0 Å². The zero-order chi connectivity index (χ0) is 14.0. The highest BCUT2D eigenvalue weighted by atomic mass is 35.5. The van der Waals surface area contributed by atoms with E-state index in [4.69, 9.17) is 11.6 Å². The molecule has 19 heavy (non-hydrogen) atoms. The van der Waals surface area contributed by atoms with Gasteiger partial charge in [-0.25, -0.2) is 0 Å². The van der Waals surface area contributed by atoms with Crippen LogP contribution in [0.1, 0.15) is 25.6 Å². The largest absolute Gasteiger partial charge is 0.545 e. The van der Waals surface area contributed by atoms with Crippen LogP contribution in [0.2, 0.25) is 5.02 Å². The van der Waals surface area contributed by atoms with E-state index >= 15 is 0 Å². The number of carboxylic acids is 1. The lowest BCUT2D eigenvalue weighted by Crippen LogP contribution is -2.23. The first kappa shape index (κ1) is 13.6. The molecule has 2 aromatic rings. The molecule has 0 fully saturated rings. The first-order valence-corrected chi connectivity index (χ1v) is 6.55. The van der Waals surface area contributed by atoms with Gasteiger partial charge in [-0.3, -0.25) is 4.79 Å². The second-order valence-corrected chi connectivity index (χ2v) is 5.54. The molecule has 0 aliphatic rings. The first-order chi connectivity index (χ1) is 8.97. The Morgan fingerprint density at radius 3 is 2.47 bits per heavy atom. The van der Waals surface area contributed by atoms with Crippen molar-refractivity contribution >= 4 is 39.8 Å². The van der Waals surface area contributed by atoms with Gasteiger partial charge in [0.25, 0.3) is 5.91 Å². The van der Waals surface area contributed by atoms with Crippen LogP contribution in [0.5, 0.6) is 0 Å². The fourth-order valence-electron chi connectivity index (χ4n) is 1.54. The number of amides is 1. The Kier molecular flexibility index (Phi) is 3.87. The number of hydrogen-bond donors (Lipinski definition) is 1. The van der Waals surface area contributed by atoms with E-state index in [1.807, 2.05) is 0 Å². The monoisotopic (exact) mass is 294 g/mol. The van der Waals surface area contributed by atoms with Crippen LogP contribution in [0, 0.1) is 6.92 Å². The summed E-state index contributed by atoms with van der Waals surface area (Å²) in [4.78, 5) is 23.7. The lowest BCUT2D eigenvalue weighted by Gasteiger charge is -2.06. The van der Waals surface area contributed by atoms with E-state index in [0.29, 0.717) is 10.6 Å².